The summed E-state index contributed by atoms with van der Waals surface area (Å²) < 4.78 is 31.3. The van der Waals surface area contributed by atoms with Gasteiger partial charge in [0, 0.05) is 0 Å². The molecule has 0 saturated heterocycles. The summed E-state index contributed by atoms with van der Waals surface area (Å²) in [7, 11) is 1.49. The molecule has 1 aliphatic carbocycles. The van der Waals surface area contributed by atoms with Gasteiger partial charge in [0.2, 0.25) is 0 Å². The Kier molecular flexibility index (Phi) is 2.38. The van der Waals surface area contributed by atoms with Gasteiger partial charge in [-0.05, 0) is 17.7 Å². The number of aliphatic hydroxyl groups is 1. The molecule has 0 aromatic heterocycles. The highest BCUT2D eigenvalue weighted by molar-refractivity contribution is 5.37. The van der Waals surface area contributed by atoms with Crippen LogP contribution < -0.4 is 4.74 Å². The molecule has 1 fully saturated rings. The van der Waals surface area contributed by atoms with Crippen molar-refractivity contribution < 1.29 is 18.6 Å². The Labute approximate surface area is 86.5 Å². The molecule has 0 bridgehead atoms. The van der Waals surface area contributed by atoms with E-state index in [0.717, 1.165) is 0 Å². The van der Waals surface area contributed by atoms with Crippen LogP contribution in [0.5, 0.6) is 5.75 Å². The molecule has 15 heavy (non-hydrogen) atoms. The largest absolute Gasteiger partial charge is 0.497 e. The molecule has 0 amide bonds. The van der Waals surface area contributed by atoms with Crippen LogP contribution in [-0.4, -0.2) is 24.7 Å². The van der Waals surface area contributed by atoms with E-state index < -0.39 is 24.4 Å². The van der Waals surface area contributed by atoms with E-state index in [4.69, 9.17) is 9.84 Å². The fourth-order valence-electron chi connectivity index (χ4n) is 1.91. The van der Waals surface area contributed by atoms with E-state index >= 15 is 0 Å². The number of alkyl halides is 2. The Hall–Kier alpha value is -1.16. The lowest BCUT2D eigenvalue weighted by Gasteiger charge is -2.02. The fraction of sp³-hybridized carbons (Fsp3) is 0.455. The third-order valence-electron chi connectivity index (χ3n) is 2.85. The second-order valence-corrected chi connectivity index (χ2v) is 3.72. The van der Waals surface area contributed by atoms with Crippen LogP contribution in [0.3, 0.4) is 0 Å². The summed E-state index contributed by atoms with van der Waals surface area (Å²) in [6, 6.07) is 6.61. The average molecular weight is 214 g/mol. The summed E-state index contributed by atoms with van der Waals surface area (Å²) in [6.45, 7) is -0.477. The van der Waals surface area contributed by atoms with Crippen LogP contribution in [0, 0.1) is 5.92 Å². The first kappa shape index (κ1) is 10.4. The first-order valence-corrected chi connectivity index (χ1v) is 4.74. The third-order valence-corrected chi connectivity index (χ3v) is 2.85. The van der Waals surface area contributed by atoms with Gasteiger partial charge in [0.15, 0.2) is 0 Å². The lowest BCUT2D eigenvalue weighted by atomic mass is 10.1. The molecule has 82 valence electrons. The summed E-state index contributed by atoms with van der Waals surface area (Å²) in [4.78, 5) is 0. The normalized spacial score (nSPS) is 27.5. The molecular weight excluding hydrogens is 202 g/mol. The van der Waals surface area contributed by atoms with Crippen molar-refractivity contribution in [3.05, 3.63) is 29.8 Å². The van der Waals surface area contributed by atoms with E-state index in [0.29, 0.717) is 11.3 Å². The van der Waals surface area contributed by atoms with Gasteiger partial charge in [-0.3, -0.25) is 0 Å². The minimum Gasteiger partial charge on any atom is -0.497 e. The van der Waals surface area contributed by atoms with Crippen molar-refractivity contribution in [3.63, 3.8) is 0 Å². The van der Waals surface area contributed by atoms with Gasteiger partial charge in [-0.1, -0.05) is 12.1 Å². The van der Waals surface area contributed by atoms with Gasteiger partial charge in [-0.25, -0.2) is 8.78 Å². The van der Waals surface area contributed by atoms with Gasteiger partial charge in [0.25, 0.3) is 5.92 Å². The zero-order chi connectivity index (χ0) is 11.1. The lowest BCUT2D eigenvalue weighted by Crippen LogP contribution is -1.97. The topological polar surface area (TPSA) is 29.5 Å². The van der Waals surface area contributed by atoms with Gasteiger partial charge in [0.05, 0.1) is 25.6 Å². The minimum absolute atomic E-state index is 0.477. The highest BCUT2D eigenvalue weighted by Crippen LogP contribution is 2.61. The van der Waals surface area contributed by atoms with Crippen molar-refractivity contribution in [1.29, 1.82) is 0 Å². The van der Waals surface area contributed by atoms with E-state index in [2.05, 4.69) is 0 Å². The second-order valence-electron chi connectivity index (χ2n) is 3.72. The lowest BCUT2D eigenvalue weighted by molar-refractivity contribution is 0.0785. The van der Waals surface area contributed by atoms with E-state index in [1.54, 1.807) is 24.3 Å². The van der Waals surface area contributed by atoms with E-state index in [-0.39, 0.29) is 0 Å². The maximum absolute atomic E-state index is 13.2. The van der Waals surface area contributed by atoms with Crippen LogP contribution in [0.1, 0.15) is 11.5 Å². The standard InChI is InChI=1S/C11H12F2O2/c1-15-8-4-2-3-7(5-8)10-9(6-14)11(10,12)13/h2-5,9-10,14H,6H2,1H3. The number of halogens is 2. The van der Waals surface area contributed by atoms with Crippen molar-refractivity contribution in [1.82, 2.24) is 0 Å². The number of rotatable bonds is 3. The molecule has 1 aromatic carbocycles. The molecule has 2 unspecified atom stereocenters. The first-order valence-electron chi connectivity index (χ1n) is 4.74. The van der Waals surface area contributed by atoms with Crippen LogP contribution in [-0.2, 0) is 0 Å². The number of hydrogen-bond donors (Lipinski definition) is 1. The molecular formula is C11H12F2O2. The van der Waals surface area contributed by atoms with Crippen molar-refractivity contribution in [3.8, 4) is 5.75 Å². The Balaban J connectivity index is 2.24. The fourth-order valence-corrected chi connectivity index (χ4v) is 1.91. The van der Waals surface area contributed by atoms with Gasteiger partial charge in [0.1, 0.15) is 5.75 Å². The quantitative estimate of drug-likeness (QED) is 0.834. The van der Waals surface area contributed by atoms with Crippen LogP contribution in [0.2, 0.25) is 0 Å². The van der Waals surface area contributed by atoms with Crippen LogP contribution in [0.15, 0.2) is 24.3 Å². The molecule has 2 rings (SSSR count). The van der Waals surface area contributed by atoms with Crippen molar-refractivity contribution >= 4 is 0 Å². The van der Waals surface area contributed by atoms with Gasteiger partial charge in [-0.15, -0.1) is 0 Å². The van der Waals surface area contributed by atoms with Gasteiger partial charge in [-0.2, -0.15) is 0 Å². The molecule has 1 saturated carbocycles. The molecule has 0 spiro atoms. The van der Waals surface area contributed by atoms with Crippen LogP contribution >= 0.6 is 0 Å². The summed E-state index contributed by atoms with van der Waals surface area (Å²) >= 11 is 0. The predicted molar refractivity (Wildman–Crippen MR) is 51.3 cm³/mol. The molecule has 1 N–H and O–H groups in total. The Morgan fingerprint density at radius 3 is 2.73 bits per heavy atom. The number of methoxy groups -OCH3 is 1. The van der Waals surface area contributed by atoms with E-state index in [1.807, 2.05) is 0 Å². The molecule has 1 aliphatic rings. The summed E-state index contributed by atoms with van der Waals surface area (Å²) in [6.07, 6.45) is 0. The van der Waals surface area contributed by atoms with Crippen LogP contribution in [0.25, 0.3) is 0 Å². The molecule has 4 heteroatoms. The third kappa shape index (κ3) is 1.59. The Morgan fingerprint density at radius 2 is 2.20 bits per heavy atom. The number of aliphatic hydroxyl groups excluding tert-OH is 1. The Bertz CT molecular complexity index is 365. The molecule has 0 aliphatic heterocycles. The maximum Gasteiger partial charge on any atom is 0.261 e. The SMILES string of the molecule is COc1cccc(C2C(CO)C2(F)F)c1. The highest BCUT2D eigenvalue weighted by atomic mass is 19.3. The Morgan fingerprint density at radius 1 is 1.47 bits per heavy atom. The monoisotopic (exact) mass is 214 g/mol. The number of hydrogen-bond acceptors (Lipinski definition) is 2. The number of benzene rings is 1. The second kappa shape index (κ2) is 3.45. The summed E-state index contributed by atoms with van der Waals surface area (Å²) in [5.41, 5.74) is 0.526. The molecule has 1 aromatic rings. The molecule has 2 atom stereocenters. The highest BCUT2D eigenvalue weighted by Gasteiger charge is 2.68. The van der Waals surface area contributed by atoms with Crippen molar-refractivity contribution in [2.24, 2.45) is 5.92 Å². The van der Waals surface area contributed by atoms with Crippen molar-refractivity contribution in [2.45, 2.75) is 11.8 Å². The van der Waals surface area contributed by atoms with Gasteiger partial charge >= 0.3 is 0 Å². The average Bonchev–Trinajstić information content (AvgIpc) is 2.80. The van der Waals surface area contributed by atoms with Crippen LogP contribution in [0.4, 0.5) is 8.78 Å². The zero-order valence-corrected chi connectivity index (χ0v) is 8.28. The maximum atomic E-state index is 13.2. The molecule has 2 nitrogen and oxygen atoms in total. The van der Waals surface area contributed by atoms with Gasteiger partial charge < -0.3 is 9.84 Å². The molecule has 0 radical (unpaired) electrons. The summed E-state index contributed by atoms with van der Waals surface area (Å²) in [5, 5.41) is 8.79. The van der Waals surface area contributed by atoms with E-state index in [1.165, 1.54) is 7.11 Å². The predicted octanol–water partition coefficient (Wildman–Crippen LogP) is 2.04. The minimum atomic E-state index is -2.78. The molecule has 0 heterocycles. The smallest absolute Gasteiger partial charge is 0.261 e. The zero-order valence-electron chi connectivity index (χ0n) is 8.28. The number of ether oxygens (including phenoxy) is 1. The first-order chi connectivity index (χ1) is 7.11. The summed E-state index contributed by atoms with van der Waals surface area (Å²) in [5.74, 6) is -4.02. The van der Waals surface area contributed by atoms with Crippen molar-refractivity contribution in [2.75, 3.05) is 13.7 Å². The van der Waals surface area contributed by atoms with E-state index in [9.17, 15) is 8.78 Å².